The van der Waals surface area contributed by atoms with Crippen LogP contribution in [-0.2, 0) is 0 Å². The molecule has 2 heteroatoms. The molecule has 2 atom stereocenters. The van der Waals surface area contributed by atoms with Crippen molar-refractivity contribution >= 4 is 23.2 Å². The summed E-state index contributed by atoms with van der Waals surface area (Å²) in [5, 5.41) is 0.767. The molecule has 0 radical (unpaired) electrons. The molecule has 0 saturated heterocycles. The van der Waals surface area contributed by atoms with Crippen LogP contribution in [0.5, 0.6) is 0 Å². The van der Waals surface area contributed by atoms with E-state index in [-0.39, 0.29) is 0 Å². The van der Waals surface area contributed by atoms with Crippen molar-refractivity contribution in [3.05, 3.63) is 12.2 Å². The minimum atomic E-state index is 0.364. The number of unbranched alkanes of at least 4 members (excludes halogenated alkanes) is 19. The predicted octanol–water partition coefficient (Wildman–Crippen LogP) is 12.2. The Labute approximate surface area is 213 Å². The maximum absolute atomic E-state index is 6.16. The highest BCUT2D eigenvalue weighted by molar-refractivity contribution is 6.20. The van der Waals surface area contributed by atoms with Crippen molar-refractivity contribution in [2.45, 2.75) is 179 Å². The fraction of sp³-hybridized carbons (Fsp3) is 0.933. The zero-order valence-electron chi connectivity index (χ0n) is 22.0. The average Bonchev–Trinajstić information content (AvgIpc) is 2.78. The van der Waals surface area contributed by atoms with Crippen LogP contribution in [0.2, 0.25) is 0 Å². The Kier molecular flexibility index (Phi) is 27.8. The molecular formula is C30H58Cl2. The van der Waals surface area contributed by atoms with Gasteiger partial charge in [-0.15, -0.1) is 23.2 Å². The molecule has 0 heterocycles. The first kappa shape index (κ1) is 32.3. The lowest BCUT2D eigenvalue weighted by Gasteiger charge is -2.05. The van der Waals surface area contributed by atoms with E-state index < -0.39 is 0 Å². The summed E-state index contributed by atoms with van der Waals surface area (Å²) in [6, 6.07) is 0. The van der Waals surface area contributed by atoms with Crippen LogP contribution in [0.3, 0.4) is 0 Å². The lowest BCUT2D eigenvalue weighted by Crippen LogP contribution is -1.94. The highest BCUT2D eigenvalue weighted by Crippen LogP contribution is 2.16. The molecule has 0 aromatic rings. The Morgan fingerprint density at radius 1 is 0.469 bits per heavy atom. The van der Waals surface area contributed by atoms with Gasteiger partial charge in [-0.2, -0.15) is 0 Å². The summed E-state index contributed by atoms with van der Waals surface area (Å²) in [6.07, 6.45) is 37.7. The molecule has 0 amide bonds. The summed E-state index contributed by atoms with van der Waals surface area (Å²) in [6.45, 7) is 4.29. The molecule has 0 bridgehead atoms. The van der Waals surface area contributed by atoms with Crippen LogP contribution in [0.15, 0.2) is 12.2 Å². The number of hydrogen-bond acceptors (Lipinski definition) is 0. The van der Waals surface area contributed by atoms with E-state index in [2.05, 4.69) is 26.0 Å². The molecule has 0 nitrogen and oxygen atoms in total. The first-order valence-corrected chi connectivity index (χ1v) is 15.5. The van der Waals surface area contributed by atoms with Crippen LogP contribution < -0.4 is 0 Å². The largest absolute Gasteiger partial charge is 0.123 e. The minimum Gasteiger partial charge on any atom is -0.123 e. The quantitative estimate of drug-likeness (QED) is 0.0644. The normalized spacial score (nSPS) is 13.8. The first-order chi connectivity index (χ1) is 15.7. The Balaban J connectivity index is 3.09. The van der Waals surface area contributed by atoms with Crippen LogP contribution in [0.1, 0.15) is 168 Å². The molecule has 0 fully saturated rings. The molecule has 192 valence electrons. The number of halogens is 2. The number of alkyl halides is 2. The van der Waals surface area contributed by atoms with E-state index in [9.17, 15) is 0 Å². The number of rotatable bonds is 26. The van der Waals surface area contributed by atoms with E-state index in [1.165, 1.54) is 148 Å². The Morgan fingerprint density at radius 3 is 1.12 bits per heavy atom. The highest BCUT2D eigenvalue weighted by atomic mass is 35.5. The summed E-state index contributed by atoms with van der Waals surface area (Å²) in [4.78, 5) is 0. The van der Waals surface area contributed by atoms with Gasteiger partial charge < -0.3 is 0 Å². The van der Waals surface area contributed by atoms with Gasteiger partial charge in [-0.25, -0.2) is 0 Å². The molecule has 0 aliphatic carbocycles. The fourth-order valence-corrected chi connectivity index (χ4v) is 4.72. The maximum Gasteiger partial charge on any atom is 0.0333 e. The van der Waals surface area contributed by atoms with Gasteiger partial charge >= 0.3 is 0 Å². The second-order valence-corrected chi connectivity index (χ2v) is 11.5. The summed E-state index contributed by atoms with van der Waals surface area (Å²) >= 11 is 12.1. The van der Waals surface area contributed by atoms with E-state index in [0.29, 0.717) is 10.8 Å². The molecule has 2 unspecified atom stereocenters. The molecule has 0 aromatic heterocycles. The van der Waals surface area contributed by atoms with Crippen molar-refractivity contribution in [2.75, 3.05) is 0 Å². The van der Waals surface area contributed by atoms with Gasteiger partial charge in [-0.1, -0.05) is 128 Å². The van der Waals surface area contributed by atoms with E-state index in [0.717, 1.165) is 6.42 Å². The van der Waals surface area contributed by atoms with Gasteiger partial charge in [-0.05, 0) is 51.9 Å². The van der Waals surface area contributed by atoms with Gasteiger partial charge in [0.1, 0.15) is 0 Å². The van der Waals surface area contributed by atoms with E-state index in [1.54, 1.807) is 0 Å². The molecule has 0 aromatic carbocycles. The summed E-state index contributed by atoms with van der Waals surface area (Å²) < 4.78 is 0. The third-order valence-electron chi connectivity index (χ3n) is 6.72. The fourth-order valence-electron chi connectivity index (χ4n) is 4.41. The van der Waals surface area contributed by atoms with Crippen molar-refractivity contribution in [3.8, 4) is 0 Å². The molecule has 32 heavy (non-hydrogen) atoms. The zero-order valence-corrected chi connectivity index (χ0v) is 23.5. The highest BCUT2D eigenvalue weighted by Gasteiger charge is 2.00. The maximum atomic E-state index is 6.16. The summed E-state index contributed by atoms with van der Waals surface area (Å²) in [5.74, 6) is 0. The zero-order chi connectivity index (χ0) is 23.5. The van der Waals surface area contributed by atoms with E-state index in [4.69, 9.17) is 23.2 Å². The standard InChI is InChI=1S/C30H58Cl2/c1-3-30(32)28-26-24-22-20-18-16-14-12-10-8-6-4-5-7-9-11-13-15-17-19-21-23-25-27-29(2)31/h14,16,29-30H,3-13,15,17-28H2,1-2H3. The SMILES string of the molecule is CCC(Cl)CCCCCCC=CCCCCCCCCCCCCCCCCCC(C)Cl. The lowest BCUT2D eigenvalue weighted by molar-refractivity contribution is 0.528. The van der Waals surface area contributed by atoms with Gasteiger partial charge in [0.25, 0.3) is 0 Å². The molecule has 0 spiro atoms. The Morgan fingerprint density at radius 2 is 0.781 bits per heavy atom. The predicted molar refractivity (Wildman–Crippen MR) is 151 cm³/mol. The minimum absolute atomic E-state index is 0.364. The molecular weight excluding hydrogens is 431 g/mol. The third kappa shape index (κ3) is 28.4. The molecule has 0 saturated carbocycles. The van der Waals surface area contributed by atoms with Gasteiger partial charge in [-0.3, -0.25) is 0 Å². The Bertz CT molecular complexity index is 364. The topological polar surface area (TPSA) is 0 Å². The van der Waals surface area contributed by atoms with Gasteiger partial charge in [0.15, 0.2) is 0 Å². The smallest absolute Gasteiger partial charge is 0.0333 e. The van der Waals surface area contributed by atoms with Crippen molar-refractivity contribution in [1.82, 2.24) is 0 Å². The number of allylic oxidation sites excluding steroid dienone is 2. The van der Waals surface area contributed by atoms with Crippen molar-refractivity contribution in [3.63, 3.8) is 0 Å². The third-order valence-corrected chi connectivity index (χ3v) is 7.47. The monoisotopic (exact) mass is 488 g/mol. The van der Waals surface area contributed by atoms with Crippen LogP contribution in [0.4, 0.5) is 0 Å². The van der Waals surface area contributed by atoms with Crippen LogP contribution in [-0.4, -0.2) is 10.8 Å². The van der Waals surface area contributed by atoms with Crippen LogP contribution in [0.25, 0.3) is 0 Å². The second kappa shape index (κ2) is 27.6. The number of hydrogen-bond donors (Lipinski definition) is 0. The van der Waals surface area contributed by atoms with E-state index in [1.807, 2.05) is 0 Å². The average molecular weight is 490 g/mol. The van der Waals surface area contributed by atoms with Gasteiger partial charge in [0, 0.05) is 10.8 Å². The first-order valence-electron chi connectivity index (χ1n) is 14.6. The van der Waals surface area contributed by atoms with Crippen molar-refractivity contribution in [2.24, 2.45) is 0 Å². The summed E-state index contributed by atoms with van der Waals surface area (Å²) in [5.41, 5.74) is 0. The molecule has 0 rings (SSSR count). The lowest BCUT2D eigenvalue weighted by atomic mass is 10.0. The molecule has 0 N–H and O–H groups in total. The molecule has 0 aliphatic rings. The van der Waals surface area contributed by atoms with Crippen molar-refractivity contribution in [1.29, 1.82) is 0 Å². The van der Waals surface area contributed by atoms with Crippen LogP contribution >= 0.6 is 23.2 Å². The summed E-state index contributed by atoms with van der Waals surface area (Å²) in [7, 11) is 0. The van der Waals surface area contributed by atoms with Crippen molar-refractivity contribution < 1.29 is 0 Å². The van der Waals surface area contributed by atoms with Gasteiger partial charge in [0.05, 0.1) is 0 Å². The van der Waals surface area contributed by atoms with Crippen LogP contribution in [0, 0.1) is 0 Å². The van der Waals surface area contributed by atoms with Gasteiger partial charge in [0.2, 0.25) is 0 Å². The van der Waals surface area contributed by atoms with E-state index >= 15 is 0 Å². The molecule has 0 aliphatic heterocycles. The Hall–Kier alpha value is 0.320. The second-order valence-electron chi connectivity index (χ2n) is 10.1.